The molecule has 0 atom stereocenters. The van der Waals surface area contributed by atoms with Crippen LogP contribution in [-0.4, -0.2) is 43.8 Å². The van der Waals surface area contributed by atoms with E-state index in [2.05, 4.69) is 19.9 Å². The number of ether oxygens (including phenoxy) is 2. The van der Waals surface area contributed by atoms with Crippen LogP contribution in [0.15, 0.2) is 97.6 Å². The van der Waals surface area contributed by atoms with Crippen LogP contribution >= 0.6 is 0 Å². The molecule has 2 heterocycles. The van der Waals surface area contributed by atoms with Crippen molar-refractivity contribution in [1.82, 2.24) is 19.9 Å². The van der Waals surface area contributed by atoms with Gasteiger partial charge in [0, 0.05) is 48.7 Å². The van der Waals surface area contributed by atoms with E-state index >= 15 is 0 Å². The number of carboxylic acid groups (broad SMARTS) is 4. The predicted molar refractivity (Wildman–Crippen MR) is 140 cm³/mol. The number of carboxylic acids is 4. The molecule has 0 aliphatic rings. The molecule has 2 radical (unpaired) electrons. The number of hydrogen-bond acceptors (Lipinski definition) is 14. The van der Waals surface area contributed by atoms with Crippen molar-refractivity contribution in [2.45, 2.75) is 27.7 Å². The van der Waals surface area contributed by atoms with Crippen molar-refractivity contribution >= 4 is 23.9 Å². The number of rotatable bonds is 4. The fourth-order valence-corrected chi connectivity index (χ4v) is 1.86. The third-order valence-corrected chi connectivity index (χ3v) is 2.99. The minimum Gasteiger partial charge on any atom is -0.550 e. The van der Waals surface area contributed by atoms with E-state index in [0.717, 1.165) is 39.2 Å². The first-order valence-electron chi connectivity index (χ1n) is 11.5. The Bertz CT molecular complexity index is 1060. The van der Waals surface area contributed by atoms with Gasteiger partial charge in [-0.2, -0.15) is 0 Å². The summed E-state index contributed by atoms with van der Waals surface area (Å²) in [4.78, 5) is 51.3. The summed E-state index contributed by atoms with van der Waals surface area (Å²) in [5.74, 6) is -2.84. The molecule has 0 amide bonds. The number of carbonyl (C=O) groups is 4. The third kappa shape index (κ3) is 39.3. The summed E-state index contributed by atoms with van der Waals surface area (Å²) in [6.45, 7) is 3.89. The van der Waals surface area contributed by atoms with Gasteiger partial charge in [-0.25, -0.2) is 19.9 Å². The number of benzene rings is 2. The van der Waals surface area contributed by atoms with E-state index in [4.69, 9.17) is 49.1 Å². The molecule has 0 spiro atoms. The zero-order valence-electron chi connectivity index (χ0n) is 23.7. The Morgan fingerprint density at radius 3 is 0.864 bits per heavy atom. The fraction of sp³-hybridized carbons (Fsp3) is 0.143. The van der Waals surface area contributed by atoms with Crippen molar-refractivity contribution in [2.75, 3.05) is 0 Å². The summed E-state index contributed by atoms with van der Waals surface area (Å²) in [5.41, 5.74) is 0. The molecule has 0 saturated heterocycles. The van der Waals surface area contributed by atoms with Crippen LogP contribution in [0.5, 0.6) is 23.5 Å². The quantitative estimate of drug-likeness (QED) is 0.245. The molecule has 0 N–H and O–H groups in total. The van der Waals surface area contributed by atoms with Crippen molar-refractivity contribution < 1.29 is 83.2 Å². The summed E-state index contributed by atoms with van der Waals surface area (Å²) < 4.78 is 10.7. The monoisotopic (exact) mass is 706 g/mol. The third-order valence-electron chi connectivity index (χ3n) is 2.99. The Morgan fingerprint density at radius 1 is 0.455 bits per heavy atom. The van der Waals surface area contributed by atoms with Crippen molar-refractivity contribution in [1.29, 1.82) is 0 Å². The van der Waals surface area contributed by atoms with Crippen molar-refractivity contribution in [3.63, 3.8) is 0 Å². The molecule has 2 aromatic heterocycles. The van der Waals surface area contributed by atoms with E-state index in [9.17, 15) is 0 Å². The molecule has 0 bridgehead atoms. The molecular weight excluding hydrogens is 679 g/mol. The Hall–Kier alpha value is -4.88. The second-order valence-corrected chi connectivity index (χ2v) is 6.86. The van der Waals surface area contributed by atoms with Crippen LogP contribution in [0.25, 0.3) is 0 Å². The Morgan fingerprint density at radius 2 is 0.659 bits per heavy atom. The number of carbonyl (C=O) groups excluding carboxylic acids is 4. The molecule has 0 fully saturated rings. The van der Waals surface area contributed by atoms with Gasteiger partial charge in [-0.3, -0.25) is 0 Å². The van der Waals surface area contributed by atoms with Gasteiger partial charge < -0.3 is 49.1 Å². The van der Waals surface area contributed by atoms with E-state index in [1.165, 1.54) is 0 Å². The summed E-state index contributed by atoms with van der Waals surface area (Å²) >= 11 is 0. The molecule has 0 saturated carbocycles. The molecule has 0 unspecified atom stereocenters. The smallest absolute Gasteiger partial charge is 0.550 e. The maximum atomic E-state index is 8.89. The maximum absolute atomic E-state index is 8.89. The first-order valence-corrected chi connectivity index (χ1v) is 11.5. The van der Waals surface area contributed by atoms with Gasteiger partial charge in [0.15, 0.2) is 0 Å². The average Bonchev–Trinajstić information content (AvgIpc) is 2.90. The average molecular weight is 708 g/mol. The Balaban J connectivity index is -0.000000241. The van der Waals surface area contributed by atoms with Crippen LogP contribution in [-0.2, 0) is 53.3 Å². The van der Waals surface area contributed by atoms with Crippen LogP contribution in [0.4, 0.5) is 0 Å². The van der Waals surface area contributed by atoms with Crippen LogP contribution in [0.2, 0.25) is 0 Å². The predicted octanol–water partition coefficient (Wildman–Crippen LogP) is -0.442. The van der Waals surface area contributed by atoms with Crippen LogP contribution in [0.3, 0.4) is 0 Å². The zero-order valence-corrected chi connectivity index (χ0v) is 25.6. The van der Waals surface area contributed by atoms with Crippen LogP contribution in [0, 0.1) is 0 Å². The maximum Gasteiger partial charge on any atom is 2.00 e. The van der Waals surface area contributed by atoms with Gasteiger partial charge in [0.2, 0.25) is 0 Å². The Kier molecular flexibility index (Phi) is 32.5. The van der Waals surface area contributed by atoms with E-state index in [-0.39, 0.29) is 34.1 Å². The number of hydrogen-bond donors (Lipinski definition) is 0. The van der Waals surface area contributed by atoms with Gasteiger partial charge in [-0.05, 0) is 64.1 Å². The SMILES string of the molecule is CC(=O)[O-].CC(=O)[O-].CC(=O)[O-].CC(=O)[O-].[Cu+2].[Cu+2].c1ccc(Oc2ncccn2)cc1.c1ccc(Oc2ncccn2)cc1. The first-order chi connectivity index (χ1) is 19.8. The van der Waals surface area contributed by atoms with Gasteiger partial charge in [0.1, 0.15) is 11.5 Å². The molecule has 4 aromatic rings. The topological polar surface area (TPSA) is 231 Å². The summed E-state index contributed by atoms with van der Waals surface area (Å²) in [6, 6.07) is 23.1. The fourth-order valence-electron chi connectivity index (χ4n) is 1.86. The summed E-state index contributed by atoms with van der Waals surface area (Å²) in [7, 11) is 0. The second-order valence-electron chi connectivity index (χ2n) is 6.86. The zero-order chi connectivity index (χ0) is 32.2. The normalized spacial score (nSPS) is 7.91. The summed E-state index contributed by atoms with van der Waals surface area (Å²) in [6.07, 6.45) is 6.58. The van der Waals surface area contributed by atoms with Crippen LogP contribution in [0.1, 0.15) is 27.7 Å². The van der Waals surface area contributed by atoms with Gasteiger partial charge >= 0.3 is 46.2 Å². The first kappa shape index (κ1) is 46.1. The molecule has 44 heavy (non-hydrogen) atoms. The molecular formula is C28H28Cu2N4O10. The van der Waals surface area contributed by atoms with Crippen molar-refractivity contribution in [3.05, 3.63) is 97.6 Å². The molecule has 14 nitrogen and oxygen atoms in total. The number of aromatic nitrogens is 4. The molecule has 2 aromatic carbocycles. The van der Waals surface area contributed by atoms with Crippen LogP contribution < -0.4 is 29.9 Å². The van der Waals surface area contributed by atoms with E-state index < -0.39 is 23.9 Å². The molecule has 0 aliphatic carbocycles. The number of aliphatic carboxylic acids is 4. The standard InChI is InChI=1S/2C10H8N2O.4C2H4O2.2Cu/c2*1-2-5-9(6-3-1)13-10-11-7-4-8-12-10;4*1-2(3)4;;/h2*1-8H;4*1H3,(H,3,4);;/q;;;;;;2*+2/p-4. The molecule has 242 valence electrons. The van der Waals surface area contributed by atoms with Gasteiger partial charge in [0.05, 0.1) is 0 Å². The van der Waals surface area contributed by atoms with Crippen molar-refractivity contribution in [3.8, 4) is 23.5 Å². The van der Waals surface area contributed by atoms with E-state index in [1.54, 1.807) is 36.9 Å². The Labute approximate surface area is 275 Å². The second kappa shape index (κ2) is 31.1. The minimum atomic E-state index is -1.08. The number of nitrogens with zero attached hydrogens (tertiary/aromatic N) is 4. The van der Waals surface area contributed by atoms with Gasteiger partial charge in [-0.15, -0.1) is 0 Å². The molecule has 0 aliphatic heterocycles. The van der Waals surface area contributed by atoms with Crippen molar-refractivity contribution in [2.24, 2.45) is 0 Å². The molecule has 4 rings (SSSR count). The van der Waals surface area contributed by atoms with E-state index in [0.29, 0.717) is 12.0 Å². The minimum absolute atomic E-state index is 0. The number of para-hydroxylation sites is 2. The van der Waals surface area contributed by atoms with Gasteiger partial charge in [0.25, 0.3) is 0 Å². The largest absolute Gasteiger partial charge is 2.00 e. The molecule has 16 heteroatoms. The van der Waals surface area contributed by atoms with E-state index in [1.807, 2.05) is 60.7 Å². The summed E-state index contributed by atoms with van der Waals surface area (Å²) in [5, 5.41) is 35.6. The van der Waals surface area contributed by atoms with Gasteiger partial charge in [-0.1, -0.05) is 36.4 Å².